The highest BCUT2D eigenvalue weighted by Crippen LogP contribution is 2.34. The minimum Gasteiger partial charge on any atom is -0.278 e. The third-order valence-corrected chi connectivity index (χ3v) is 16.2. The van der Waals surface area contributed by atoms with Gasteiger partial charge in [-0.15, -0.1) is 0 Å². The standard InChI is InChI=1S/C57H39N5Si/c1-4-20-40(21-5-1)41-22-18-28-45(38-41)63(43-24-6-2-7-25-43,44-26-8-3-9-27-44)46-29-19-23-42(39-46)55-58-56(61-51-34-14-10-30-47(51)48-31-11-15-35-52(48)61)60-57(59-55)62-53-36-16-12-32-49(53)50-33-13-17-37-54(50)62/h1-39H/i10D,12D,14D,16D,19D,23D,29D,30D,32D,34D,36D,39D. The fraction of sp³-hybridized carbons (Fsp3) is 0. The molecule has 0 spiro atoms. The molecular formula is C57H39N5Si. The van der Waals surface area contributed by atoms with E-state index in [0.717, 1.165) is 26.7 Å². The van der Waals surface area contributed by atoms with Gasteiger partial charge in [0, 0.05) is 27.1 Å². The molecule has 12 rings (SSSR count). The van der Waals surface area contributed by atoms with Gasteiger partial charge in [0.15, 0.2) is 13.9 Å². The van der Waals surface area contributed by atoms with Gasteiger partial charge < -0.3 is 0 Å². The largest absolute Gasteiger partial charge is 0.278 e. The SMILES string of the molecule is [2H]c1c([2H])c(-c2nc(-n3c4ccccc4c4c([2H])c([2H])c([2H])c([2H])c43)nc(-n3c4ccccc4c4c([2H])c([2H])c([2H])c([2H])c43)n2)c([2H])c([Si](c2ccccc2)(c2ccccc2)c2cccc(-c3ccccc3)c2)c1[2H]. The van der Waals surface area contributed by atoms with E-state index in [1.807, 2.05) is 109 Å². The van der Waals surface area contributed by atoms with E-state index in [1.54, 1.807) is 48.5 Å². The van der Waals surface area contributed by atoms with Crippen molar-refractivity contribution in [1.29, 1.82) is 0 Å². The summed E-state index contributed by atoms with van der Waals surface area (Å²) in [6.07, 6.45) is 0. The van der Waals surface area contributed by atoms with Crippen LogP contribution in [0.15, 0.2) is 236 Å². The van der Waals surface area contributed by atoms with E-state index in [2.05, 4.69) is 6.07 Å². The third kappa shape index (κ3) is 5.95. The first kappa shape index (κ1) is 26.2. The topological polar surface area (TPSA) is 48.5 Å². The molecule has 6 heteroatoms. The van der Waals surface area contributed by atoms with E-state index in [1.165, 1.54) is 9.13 Å². The first-order valence-electron chi connectivity index (χ1n) is 26.4. The number of hydrogen-bond acceptors (Lipinski definition) is 3. The summed E-state index contributed by atoms with van der Waals surface area (Å²) in [5.41, 5.74) is 2.40. The normalized spacial score (nSPS) is 14.5. The highest BCUT2D eigenvalue weighted by atomic mass is 28.3. The summed E-state index contributed by atoms with van der Waals surface area (Å²) >= 11 is 0. The molecule has 0 fully saturated rings. The monoisotopic (exact) mass is 833 g/mol. The Balaban J connectivity index is 1.26. The molecule has 3 aromatic heterocycles. The third-order valence-electron chi connectivity index (χ3n) is 11.7. The molecule has 5 nitrogen and oxygen atoms in total. The zero-order chi connectivity index (χ0) is 52.2. The molecule has 0 bridgehead atoms. The Hall–Kier alpha value is -8.19. The van der Waals surface area contributed by atoms with Crippen molar-refractivity contribution in [3.63, 3.8) is 0 Å². The Morgan fingerprint density at radius 2 is 0.841 bits per heavy atom. The minimum absolute atomic E-state index is 0.0212. The van der Waals surface area contributed by atoms with Crippen LogP contribution >= 0.6 is 0 Å². The summed E-state index contributed by atoms with van der Waals surface area (Å²) in [6, 6.07) is 46.0. The van der Waals surface area contributed by atoms with Crippen LogP contribution in [0.3, 0.4) is 0 Å². The van der Waals surface area contributed by atoms with E-state index in [0.29, 0.717) is 21.8 Å². The van der Waals surface area contributed by atoms with Crippen LogP contribution in [-0.4, -0.2) is 32.2 Å². The number of para-hydroxylation sites is 4. The molecule has 0 amide bonds. The highest BCUT2D eigenvalue weighted by Gasteiger charge is 2.42. The van der Waals surface area contributed by atoms with Crippen LogP contribution in [0.4, 0.5) is 0 Å². The number of fused-ring (bicyclic) bond motifs is 6. The van der Waals surface area contributed by atoms with Crippen molar-refractivity contribution in [1.82, 2.24) is 24.1 Å². The lowest BCUT2D eigenvalue weighted by Gasteiger charge is -2.35. The molecule has 12 aromatic rings. The van der Waals surface area contributed by atoms with E-state index in [-0.39, 0.29) is 74.4 Å². The predicted octanol–water partition coefficient (Wildman–Crippen LogP) is 10.8. The molecule has 0 N–H and O–H groups in total. The van der Waals surface area contributed by atoms with Crippen molar-refractivity contribution in [2.45, 2.75) is 0 Å². The Bertz CT molecular complexity index is 4150. The summed E-state index contributed by atoms with van der Waals surface area (Å²) < 4.78 is 115. The Kier molecular flexibility index (Phi) is 6.27. The van der Waals surface area contributed by atoms with Gasteiger partial charge in [-0.2, -0.15) is 15.0 Å². The molecule has 0 radical (unpaired) electrons. The van der Waals surface area contributed by atoms with Crippen LogP contribution in [0.25, 0.3) is 78.0 Å². The van der Waals surface area contributed by atoms with E-state index in [4.69, 9.17) is 23.2 Å². The number of benzene rings is 9. The highest BCUT2D eigenvalue weighted by molar-refractivity contribution is 7.20. The van der Waals surface area contributed by atoms with Gasteiger partial charge in [0.05, 0.1) is 38.5 Å². The summed E-state index contributed by atoms with van der Waals surface area (Å²) in [5.74, 6) is -0.740. The molecule has 0 unspecified atom stereocenters. The zero-order valence-electron chi connectivity index (χ0n) is 45.3. The molecule has 296 valence electrons. The van der Waals surface area contributed by atoms with Crippen molar-refractivity contribution in [3.8, 4) is 34.4 Å². The Morgan fingerprint density at radius 3 is 1.43 bits per heavy atom. The lowest BCUT2D eigenvalue weighted by atomic mass is 10.1. The second-order valence-electron chi connectivity index (χ2n) is 15.1. The first-order chi connectivity index (χ1) is 36.2. The van der Waals surface area contributed by atoms with Crippen LogP contribution in [-0.2, 0) is 0 Å². The fourth-order valence-electron chi connectivity index (χ4n) is 8.93. The number of nitrogens with zero attached hydrogens (tertiary/aromatic N) is 5. The van der Waals surface area contributed by atoms with Crippen molar-refractivity contribution in [3.05, 3.63) is 236 Å². The zero-order valence-corrected chi connectivity index (χ0v) is 34.3. The molecule has 63 heavy (non-hydrogen) atoms. The quantitative estimate of drug-likeness (QED) is 0.113. The van der Waals surface area contributed by atoms with Crippen LogP contribution in [0.2, 0.25) is 0 Å². The average Bonchev–Trinajstić information content (AvgIpc) is 3.99. The maximum atomic E-state index is 10.6. The average molecular weight is 834 g/mol. The number of aromatic nitrogens is 5. The van der Waals surface area contributed by atoms with Crippen molar-refractivity contribution >= 4 is 72.4 Å². The van der Waals surface area contributed by atoms with Gasteiger partial charge in [-0.05, 0) is 56.1 Å². The van der Waals surface area contributed by atoms with E-state index < -0.39 is 56.4 Å². The summed E-state index contributed by atoms with van der Waals surface area (Å²) in [6.45, 7) is 0. The summed E-state index contributed by atoms with van der Waals surface area (Å²) in [7, 11) is -3.93. The van der Waals surface area contributed by atoms with Gasteiger partial charge in [-0.25, -0.2) is 0 Å². The molecule has 0 saturated heterocycles. The lowest BCUT2D eigenvalue weighted by Crippen LogP contribution is -2.74. The second-order valence-corrected chi connectivity index (χ2v) is 18.8. The smallest absolute Gasteiger partial charge is 0.240 e. The Morgan fingerprint density at radius 1 is 0.349 bits per heavy atom. The molecule has 0 aliphatic carbocycles. The molecule has 0 aliphatic heterocycles. The van der Waals surface area contributed by atoms with Crippen LogP contribution in [0.5, 0.6) is 0 Å². The van der Waals surface area contributed by atoms with Crippen LogP contribution in [0.1, 0.15) is 16.4 Å². The molecule has 3 heterocycles. The molecule has 0 saturated carbocycles. The van der Waals surface area contributed by atoms with Gasteiger partial charge in [-0.1, -0.05) is 212 Å². The summed E-state index contributed by atoms with van der Waals surface area (Å²) in [4.78, 5) is 15.1. The predicted molar refractivity (Wildman–Crippen MR) is 263 cm³/mol. The maximum Gasteiger partial charge on any atom is 0.240 e. The number of hydrogen-bond donors (Lipinski definition) is 0. The Labute approximate surface area is 382 Å². The molecule has 0 atom stereocenters. The van der Waals surface area contributed by atoms with Crippen LogP contribution < -0.4 is 20.7 Å². The second kappa shape index (κ2) is 15.1. The van der Waals surface area contributed by atoms with Gasteiger partial charge in [-0.3, -0.25) is 9.13 Å². The number of rotatable bonds is 8. The van der Waals surface area contributed by atoms with Crippen molar-refractivity contribution in [2.75, 3.05) is 0 Å². The first-order valence-corrected chi connectivity index (χ1v) is 22.4. The van der Waals surface area contributed by atoms with Gasteiger partial charge >= 0.3 is 0 Å². The van der Waals surface area contributed by atoms with E-state index in [9.17, 15) is 8.22 Å². The van der Waals surface area contributed by atoms with Gasteiger partial charge in [0.25, 0.3) is 0 Å². The minimum atomic E-state index is -3.93. The molecule has 0 aliphatic rings. The lowest BCUT2D eigenvalue weighted by molar-refractivity contribution is 0.893. The summed E-state index contributed by atoms with van der Waals surface area (Å²) in [5, 5.41) is 3.83. The fourth-order valence-corrected chi connectivity index (χ4v) is 13.5. The van der Waals surface area contributed by atoms with Crippen molar-refractivity contribution < 1.29 is 16.4 Å². The molecule has 9 aromatic carbocycles. The maximum absolute atomic E-state index is 10.6. The van der Waals surface area contributed by atoms with E-state index >= 15 is 0 Å². The van der Waals surface area contributed by atoms with Gasteiger partial charge in [0.1, 0.15) is 0 Å². The van der Waals surface area contributed by atoms with Gasteiger partial charge in [0.2, 0.25) is 11.9 Å². The molecular weight excluding hydrogens is 783 g/mol. The van der Waals surface area contributed by atoms with Crippen molar-refractivity contribution in [2.24, 2.45) is 0 Å². The van der Waals surface area contributed by atoms with Crippen LogP contribution in [0, 0.1) is 0 Å².